The van der Waals surface area contributed by atoms with E-state index in [0.717, 1.165) is 35.5 Å². The number of hydrogen-bond donors (Lipinski definition) is 2. The fraction of sp³-hybridized carbons (Fsp3) is 0.0800. The molecule has 1 aliphatic rings. The van der Waals surface area contributed by atoms with Gasteiger partial charge >= 0.3 is 5.97 Å². The van der Waals surface area contributed by atoms with Crippen LogP contribution in [0.15, 0.2) is 102 Å². The second-order valence-electron chi connectivity index (χ2n) is 7.10. The van der Waals surface area contributed by atoms with Crippen molar-refractivity contribution < 1.29 is 14.7 Å². The number of amides is 1. The van der Waals surface area contributed by atoms with Gasteiger partial charge < -0.3 is 10.4 Å². The van der Waals surface area contributed by atoms with Crippen molar-refractivity contribution in [2.24, 2.45) is 5.10 Å². The first-order chi connectivity index (χ1) is 15.1. The molecule has 0 aliphatic carbocycles. The monoisotopic (exact) mass is 411 g/mol. The summed E-state index contributed by atoms with van der Waals surface area (Å²) in [6, 6.07) is 27.8. The van der Waals surface area contributed by atoms with Crippen LogP contribution in [0.4, 0.5) is 11.4 Å². The molecular weight excluding hydrogens is 390 g/mol. The van der Waals surface area contributed by atoms with Gasteiger partial charge in [0.05, 0.1) is 17.4 Å². The van der Waals surface area contributed by atoms with Gasteiger partial charge in [-0.05, 0) is 35.4 Å². The van der Waals surface area contributed by atoms with Gasteiger partial charge in [-0.1, -0.05) is 60.7 Å². The van der Waals surface area contributed by atoms with Crippen molar-refractivity contribution in [1.29, 1.82) is 0 Å². The first-order valence-electron chi connectivity index (χ1n) is 9.89. The Kier molecular flexibility index (Phi) is 5.89. The van der Waals surface area contributed by atoms with Gasteiger partial charge in [0.1, 0.15) is 0 Å². The van der Waals surface area contributed by atoms with Crippen molar-refractivity contribution in [3.8, 4) is 0 Å². The molecule has 2 N–H and O–H groups in total. The number of carboxylic acid groups (broad SMARTS) is 1. The van der Waals surface area contributed by atoms with Crippen LogP contribution in [0, 0.1) is 0 Å². The lowest BCUT2D eigenvalue weighted by Gasteiger charge is -2.24. The molecule has 1 unspecified atom stereocenters. The minimum absolute atomic E-state index is 0.0651. The van der Waals surface area contributed by atoms with E-state index in [1.54, 1.807) is 12.1 Å². The average Bonchev–Trinajstić information content (AvgIpc) is 3.25. The molecule has 1 aliphatic heterocycles. The molecule has 1 amide bonds. The van der Waals surface area contributed by atoms with Gasteiger partial charge in [-0.25, -0.2) is 4.79 Å². The summed E-state index contributed by atoms with van der Waals surface area (Å²) in [5, 5.41) is 18.2. The number of carbonyl (C=O) groups excluding carboxylic acids is 1. The van der Waals surface area contributed by atoms with E-state index in [2.05, 4.69) is 29.6 Å². The topological polar surface area (TPSA) is 82.0 Å². The number of rotatable bonds is 6. The van der Waals surface area contributed by atoms with E-state index < -0.39 is 11.9 Å². The van der Waals surface area contributed by atoms with Gasteiger partial charge in [0.2, 0.25) is 5.91 Å². The molecule has 1 heterocycles. The molecule has 0 bridgehead atoms. The van der Waals surface area contributed by atoms with Crippen molar-refractivity contribution in [3.05, 3.63) is 108 Å². The van der Waals surface area contributed by atoms with Gasteiger partial charge in [0.25, 0.3) is 0 Å². The maximum absolute atomic E-state index is 11.8. The highest BCUT2D eigenvalue weighted by molar-refractivity contribution is 6.04. The third kappa shape index (κ3) is 4.87. The number of carbonyl (C=O) groups is 2. The van der Waals surface area contributed by atoms with Crippen LogP contribution in [-0.4, -0.2) is 22.7 Å². The summed E-state index contributed by atoms with van der Waals surface area (Å²) in [6.45, 7) is 0. The molecule has 154 valence electrons. The second kappa shape index (κ2) is 9.09. The van der Waals surface area contributed by atoms with Crippen LogP contribution in [0.2, 0.25) is 0 Å². The van der Waals surface area contributed by atoms with Crippen LogP contribution in [0.5, 0.6) is 0 Å². The zero-order valence-corrected chi connectivity index (χ0v) is 16.7. The zero-order valence-electron chi connectivity index (χ0n) is 16.7. The van der Waals surface area contributed by atoms with Crippen LogP contribution >= 0.6 is 0 Å². The van der Waals surface area contributed by atoms with Gasteiger partial charge in [0.15, 0.2) is 0 Å². The number of nitrogens with one attached hydrogen (secondary N) is 1. The Hall–Kier alpha value is -4.19. The minimum atomic E-state index is -1.17. The van der Waals surface area contributed by atoms with Gasteiger partial charge in [0, 0.05) is 24.3 Å². The third-order valence-electron chi connectivity index (χ3n) is 4.98. The predicted octanol–water partition coefficient (Wildman–Crippen LogP) is 4.62. The van der Waals surface area contributed by atoms with Gasteiger partial charge in [-0.15, -0.1) is 0 Å². The van der Waals surface area contributed by atoms with Crippen molar-refractivity contribution in [1.82, 2.24) is 0 Å². The van der Waals surface area contributed by atoms with Crippen molar-refractivity contribution in [2.75, 3.05) is 10.3 Å². The Bertz CT molecular complexity index is 1120. The highest BCUT2D eigenvalue weighted by atomic mass is 16.4. The number of nitrogens with zero attached hydrogens (tertiary/aromatic N) is 2. The van der Waals surface area contributed by atoms with Crippen LogP contribution < -0.4 is 10.3 Å². The molecule has 1 atom stereocenters. The number of hydrazone groups is 1. The SMILES string of the molecule is O=C(O)/C=C/C(=O)Nc1ccc(N2N=C(c3ccccc3)CC2c2ccccc2)cc1. The fourth-order valence-electron chi connectivity index (χ4n) is 3.52. The number of benzene rings is 3. The lowest BCUT2D eigenvalue weighted by atomic mass is 9.98. The second-order valence-corrected chi connectivity index (χ2v) is 7.10. The summed E-state index contributed by atoms with van der Waals surface area (Å²) in [4.78, 5) is 22.3. The zero-order chi connectivity index (χ0) is 21.6. The normalized spacial score (nSPS) is 15.7. The van der Waals surface area contributed by atoms with Crippen LogP contribution in [-0.2, 0) is 9.59 Å². The van der Waals surface area contributed by atoms with Gasteiger partial charge in [-0.3, -0.25) is 9.80 Å². The summed E-state index contributed by atoms with van der Waals surface area (Å²) >= 11 is 0. The lowest BCUT2D eigenvalue weighted by Crippen LogP contribution is -2.18. The molecule has 0 saturated carbocycles. The number of hydrogen-bond acceptors (Lipinski definition) is 4. The van der Waals surface area contributed by atoms with E-state index >= 15 is 0 Å². The third-order valence-corrected chi connectivity index (χ3v) is 4.98. The lowest BCUT2D eigenvalue weighted by molar-refractivity contribution is -0.131. The van der Waals surface area contributed by atoms with Crippen molar-refractivity contribution in [2.45, 2.75) is 12.5 Å². The van der Waals surface area contributed by atoms with Crippen molar-refractivity contribution in [3.63, 3.8) is 0 Å². The van der Waals surface area contributed by atoms with Crippen LogP contribution in [0.1, 0.15) is 23.6 Å². The summed E-state index contributed by atoms with van der Waals surface area (Å²) in [5.41, 5.74) is 4.77. The molecule has 31 heavy (non-hydrogen) atoms. The van der Waals surface area contributed by atoms with Crippen LogP contribution in [0.25, 0.3) is 0 Å². The molecule has 3 aromatic carbocycles. The molecule has 0 spiro atoms. The first-order valence-corrected chi connectivity index (χ1v) is 9.89. The number of aliphatic carboxylic acids is 1. The minimum Gasteiger partial charge on any atom is -0.478 e. The number of anilines is 2. The smallest absolute Gasteiger partial charge is 0.328 e. The maximum atomic E-state index is 11.8. The summed E-state index contributed by atoms with van der Waals surface area (Å²) in [6.07, 6.45) is 2.57. The molecule has 0 aromatic heterocycles. The summed E-state index contributed by atoms with van der Waals surface area (Å²) < 4.78 is 0. The number of carboxylic acids is 1. The highest BCUT2D eigenvalue weighted by Gasteiger charge is 2.29. The molecule has 3 aromatic rings. The first kappa shape index (κ1) is 20.1. The molecule has 0 saturated heterocycles. The maximum Gasteiger partial charge on any atom is 0.328 e. The Morgan fingerprint density at radius 2 is 1.55 bits per heavy atom. The molecule has 0 fully saturated rings. The van der Waals surface area contributed by atoms with E-state index in [1.807, 2.05) is 53.5 Å². The highest BCUT2D eigenvalue weighted by Crippen LogP contribution is 2.36. The van der Waals surface area contributed by atoms with E-state index in [1.165, 1.54) is 5.56 Å². The molecule has 0 radical (unpaired) electrons. The molecular formula is C25H21N3O3. The van der Waals surface area contributed by atoms with E-state index in [4.69, 9.17) is 10.2 Å². The summed E-state index contributed by atoms with van der Waals surface area (Å²) in [5.74, 6) is -1.67. The average molecular weight is 411 g/mol. The Labute approximate surface area is 180 Å². The fourth-order valence-corrected chi connectivity index (χ4v) is 3.52. The van der Waals surface area contributed by atoms with E-state index in [9.17, 15) is 9.59 Å². The Morgan fingerprint density at radius 3 is 2.19 bits per heavy atom. The Balaban J connectivity index is 1.59. The molecule has 6 nitrogen and oxygen atoms in total. The van der Waals surface area contributed by atoms with Crippen LogP contribution in [0.3, 0.4) is 0 Å². The predicted molar refractivity (Wildman–Crippen MR) is 121 cm³/mol. The molecule has 4 rings (SSSR count). The summed E-state index contributed by atoms with van der Waals surface area (Å²) in [7, 11) is 0. The quantitative estimate of drug-likeness (QED) is 0.580. The largest absolute Gasteiger partial charge is 0.478 e. The van der Waals surface area contributed by atoms with E-state index in [0.29, 0.717) is 5.69 Å². The molecule has 6 heteroatoms. The Morgan fingerprint density at radius 1 is 0.903 bits per heavy atom. The van der Waals surface area contributed by atoms with E-state index in [-0.39, 0.29) is 6.04 Å². The van der Waals surface area contributed by atoms with Crippen molar-refractivity contribution >= 4 is 29.0 Å². The van der Waals surface area contributed by atoms with Gasteiger partial charge in [-0.2, -0.15) is 5.10 Å². The standard InChI is InChI=1S/C25H21N3O3/c29-24(15-16-25(30)31)26-20-11-13-21(14-12-20)28-23(19-9-5-2-6-10-19)17-22(27-28)18-7-3-1-4-8-18/h1-16,23H,17H2,(H,26,29)(H,30,31)/b16-15+.